The number of nitrogens with one attached hydrogen (secondary N) is 2. The zero-order valence-corrected chi connectivity index (χ0v) is 14.2. The Morgan fingerprint density at radius 3 is 2.36 bits per heavy atom. The molecule has 5 nitrogen and oxygen atoms in total. The first-order valence-corrected chi connectivity index (χ1v) is 8.05. The lowest BCUT2D eigenvalue weighted by Gasteiger charge is -2.10. The Hall–Kier alpha value is -3.39. The number of hydrogen-bond acceptors (Lipinski definition) is 5. The average molecular weight is 329 g/mol. The van der Waals surface area contributed by atoms with E-state index in [1.165, 1.54) is 11.1 Å². The van der Waals surface area contributed by atoms with Crippen LogP contribution in [0, 0.1) is 25.2 Å². The number of rotatable bonds is 5. The van der Waals surface area contributed by atoms with Crippen LogP contribution < -0.4 is 10.6 Å². The number of aryl methyl sites for hydroxylation is 2. The smallest absolute Gasteiger partial charge is 0.225 e. The summed E-state index contributed by atoms with van der Waals surface area (Å²) in [7, 11) is 0. The van der Waals surface area contributed by atoms with E-state index >= 15 is 0 Å². The van der Waals surface area contributed by atoms with Crippen LogP contribution in [-0.2, 0) is 6.54 Å². The number of hydrogen-bond donors (Lipinski definition) is 2. The van der Waals surface area contributed by atoms with E-state index in [0.717, 1.165) is 11.4 Å². The average Bonchev–Trinajstić information content (AvgIpc) is 2.61. The highest BCUT2D eigenvalue weighted by Crippen LogP contribution is 2.17. The number of nitrogens with zero attached hydrogens (tertiary/aromatic N) is 3. The Balaban J connectivity index is 1.71. The third-order valence-corrected chi connectivity index (χ3v) is 3.71. The second-order valence-corrected chi connectivity index (χ2v) is 5.87. The zero-order chi connectivity index (χ0) is 17.6. The summed E-state index contributed by atoms with van der Waals surface area (Å²) in [6, 6.07) is 19.6. The van der Waals surface area contributed by atoms with Crippen molar-refractivity contribution in [3.8, 4) is 6.07 Å². The molecule has 5 heteroatoms. The van der Waals surface area contributed by atoms with E-state index in [9.17, 15) is 0 Å². The molecular weight excluding hydrogens is 310 g/mol. The minimum absolute atomic E-state index is 0.580. The SMILES string of the molecule is Cc1ccc(CNc2nc(C)cc(Nc3ccc(C#N)cc3)n2)cc1. The number of benzene rings is 2. The van der Waals surface area contributed by atoms with Crippen molar-refractivity contribution in [2.45, 2.75) is 20.4 Å². The molecule has 0 saturated heterocycles. The largest absolute Gasteiger partial charge is 0.350 e. The van der Waals surface area contributed by atoms with Crippen LogP contribution >= 0.6 is 0 Å². The molecule has 0 radical (unpaired) electrons. The minimum Gasteiger partial charge on any atom is -0.350 e. The van der Waals surface area contributed by atoms with Gasteiger partial charge in [0.15, 0.2) is 0 Å². The van der Waals surface area contributed by atoms with Gasteiger partial charge in [0.05, 0.1) is 11.6 Å². The number of nitriles is 1. The molecule has 3 rings (SSSR count). The molecular formula is C20H19N5. The predicted molar refractivity (Wildman–Crippen MR) is 99.7 cm³/mol. The summed E-state index contributed by atoms with van der Waals surface area (Å²) < 4.78 is 0. The van der Waals surface area contributed by atoms with Crippen molar-refractivity contribution in [2.24, 2.45) is 0 Å². The summed E-state index contributed by atoms with van der Waals surface area (Å²) in [5.41, 5.74) is 4.80. The van der Waals surface area contributed by atoms with Crippen LogP contribution in [0.15, 0.2) is 54.6 Å². The molecule has 0 aliphatic rings. The van der Waals surface area contributed by atoms with Gasteiger partial charge in [0.1, 0.15) is 5.82 Å². The highest BCUT2D eigenvalue weighted by atomic mass is 15.1. The highest BCUT2D eigenvalue weighted by Gasteiger charge is 2.03. The van der Waals surface area contributed by atoms with E-state index in [1.54, 1.807) is 12.1 Å². The second-order valence-electron chi connectivity index (χ2n) is 5.87. The molecule has 2 N–H and O–H groups in total. The van der Waals surface area contributed by atoms with Gasteiger partial charge in [0, 0.05) is 24.0 Å². The van der Waals surface area contributed by atoms with Gasteiger partial charge in [-0.3, -0.25) is 0 Å². The molecule has 1 heterocycles. The van der Waals surface area contributed by atoms with Crippen LogP contribution in [0.3, 0.4) is 0 Å². The number of anilines is 3. The molecule has 2 aromatic carbocycles. The van der Waals surface area contributed by atoms with Gasteiger partial charge in [0.25, 0.3) is 0 Å². The Morgan fingerprint density at radius 2 is 1.68 bits per heavy atom. The topological polar surface area (TPSA) is 73.6 Å². The first-order chi connectivity index (χ1) is 12.1. The predicted octanol–water partition coefficient (Wildman–Crippen LogP) is 4.32. The quantitative estimate of drug-likeness (QED) is 0.729. The highest BCUT2D eigenvalue weighted by molar-refractivity contribution is 5.58. The van der Waals surface area contributed by atoms with E-state index in [2.05, 4.69) is 57.9 Å². The van der Waals surface area contributed by atoms with Gasteiger partial charge in [-0.15, -0.1) is 0 Å². The van der Waals surface area contributed by atoms with Crippen molar-refractivity contribution in [2.75, 3.05) is 10.6 Å². The lowest BCUT2D eigenvalue weighted by Crippen LogP contribution is -2.06. The molecule has 0 saturated carbocycles. The zero-order valence-electron chi connectivity index (χ0n) is 14.2. The van der Waals surface area contributed by atoms with Gasteiger partial charge >= 0.3 is 0 Å². The van der Waals surface area contributed by atoms with Gasteiger partial charge < -0.3 is 10.6 Å². The molecule has 1 aromatic heterocycles. The Kier molecular flexibility index (Phi) is 4.91. The first kappa shape index (κ1) is 16.5. The molecule has 0 fully saturated rings. The Labute approximate surface area is 147 Å². The van der Waals surface area contributed by atoms with E-state index < -0.39 is 0 Å². The summed E-state index contributed by atoms with van der Waals surface area (Å²) >= 11 is 0. The molecule has 0 amide bonds. The third-order valence-electron chi connectivity index (χ3n) is 3.71. The van der Waals surface area contributed by atoms with Crippen LogP contribution in [0.25, 0.3) is 0 Å². The van der Waals surface area contributed by atoms with E-state index in [0.29, 0.717) is 23.9 Å². The van der Waals surface area contributed by atoms with E-state index in [1.807, 2.05) is 25.1 Å². The summed E-state index contributed by atoms with van der Waals surface area (Å²) in [6.07, 6.45) is 0. The van der Waals surface area contributed by atoms with Crippen molar-refractivity contribution in [3.63, 3.8) is 0 Å². The van der Waals surface area contributed by atoms with Gasteiger partial charge in [0.2, 0.25) is 5.95 Å². The fraction of sp³-hybridized carbons (Fsp3) is 0.150. The van der Waals surface area contributed by atoms with E-state index in [4.69, 9.17) is 5.26 Å². The molecule has 3 aromatic rings. The summed E-state index contributed by atoms with van der Waals surface area (Å²) in [5, 5.41) is 15.4. The van der Waals surface area contributed by atoms with Crippen molar-refractivity contribution in [1.82, 2.24) is 9.97 Å². The van der Waals surface area contributed by atoms with Crippen molar-refractivity contribution >= 4 is 17.5 Å². The van der Waals surface area contributed by atoms with Gasteiger partial charge in [-0.05, 0) is 43.7 Å². The fourth-order valence-electron chi connectivity index (χ4n) is 2.37. The van der Waals surface area contributed by atoms with E-state index in [-0.39, 0.29) is 0 Å². The van der Waals surface area contributed by atoms with Crippen LogP contribution in [-0.4, -0.2) is 9.97 Å². The Morgan fingerprint density at radius 1 is 0.960 bits per heavy atom. The lowest BCUT2D eigenvalue weighted by molar-refractivity contribution is 1.03. The molecule has 25 heavy (non-hydrogen) atoms. The lowest BCUT2D eigenvalue weighted by atomic mass is 10.1. The van der Waals surface area contributed by atoms with Crippen LogP contribution in [0.2, 0.25) is 0 Å². The summed E-state index contributed by atoms with van der Waals surface area (Å²) in [4.78, 5) is 8.94. The molecule has 124 valence electrons. The van der Waals surface area contributed by atoms with Gasteiger partial charge in [-0.25, -0.2) is 4.98 Å². The minimum atomic E-state index is 0.580. The standard InChI is InChI=1S/C20H19N5/c1-14-3-5-17(6-4-14)13-22-20-23-15(2)11-19(25-20)24-18-9-7-16(12-21)8-10-18/h3-11H,13H2,1-2H3,(H2,22,23,24,25). The molecule has 0 aliphatic carbocycles. The number of aromatic nitrogens is 2. The maximum atomic E-state index is 8.86. The monoisotopic (exact) mass is 329 g/mol. The van der Waals surface area contributed by atoms with Crippen molar-refractivity contribution in [1.29, 1.82) is 5.26 Å². The van der Waals surface area contributed by atoms with Gasteiger partial charge in [-0.2, -0.15) is 10.2 Å². The maximum Gasteiger partial charge on any atom is 0.225 e. The van der Waals surface area contributed by atoms with Crippen LogP contribution in [0.1, 0.15) is 22.4 Å². The van der Waals surface area contributed by atoms with Crippen molar-refractivity contribution in [3.05, 3.63) is 77.0 Å². The van der Waals surface area contributed by atoms with Crippen molar-refractivity contribution < 1.29 is 0 Å². The first-order valence-electron chi connectivity index (χ1n) is 8.05. The molecule has 0 atom stereocenters. The van der Waals surface area contributed by atoms with Crippen LogP contribution in [0.5, 0.6) is 0 Å². The molecule has 0 aliphatic heterocycles. The summed E-state index contributed by atoms with van der Waals surface area (Å²) in [6.45, 7) is 4.67. The Bertz CT molecular complexity index is 893. The maximum absolute atomic E-state index is 8.86. The van der Waals surface area contributed by atoms with Gasteiger partial charge in [-0.1, -0.05) is 29.8 Å². The summed E-state index contributed by atoms with van der Waals surface area (Å²) in [5.74, 6) is 1.29. The second kappa shape index (κ2) is 7.45. The fourth-order valence-corrected chi connectivity index (χ4v) is 2.37. The van der Waals surface area contributed by atoms with Crippen LogP contribution in [0.4, 0.5) is 17.5 Å². The normalized spacial score (nSPS) is 10.1. The molecule has 0 bridgehead atoms. The third kappa shape index (κ3) is 4.55. The molecule has 0 unspecified atom stereocenters. The molecule has 0 spiro atoms.